The molecule has 0 fully saturated rings. The van der Waals surface area contributed by atoms with Crippen LogP contribution in [-0.4, -0.2) is 74.4 Å². The van der Waals surface area contributed by atoms with Gasteiger partial charge in [-0.15, -0.1) is 0 Å². The van der Waals surface area contributed by atoms with E-state index < -0.39 is 61.6 Å². The number of ether oxygens (including phenoxy) is 5. The summed E-state index contributed by atoms with van der Waals surface area (Å²) >= 11 is 7.07. The van der Waals surface area contributed by atoms with Gasteiger partial charge in [0.1, 0.15) is 45.8 Å². The summed E-state index contributed by atoms with van der Waals surface area (Å²) in [6.07, 6.45) is 0.290. The van der Waals surface area contributed by atoms with Crippen LogP contribution in [0, 0.1) is 11.6 Å². The Morgan fingerprint density at radius 3 is 2.21 bits per heavy atom. The number of hydrogen-bond acceptors (Lipinski definition) is 13. The summed E-state index contributed by atoms with van der Waals surface area (Å²) < 4.78 is 92.3. The van der Waals surface area contributed by atoms with E-state index in [-0.39, 0.29) is 47.0 Å². The molecule has 4 rings (SSSR count). The number of carbonyl (C=O) groups excluding carboxylic acids is 2. The van der Waals surface area contributed by atoms with Gasteiger partial charge in [0.2, 0.25) is 5.13 Å². The molecule has 0 saturated heterocycles. The number of carbonyl (C=O) groups is 2. The van der Waals surface area contributed by atoms with Crippen LogP contribution in [0.1, 0.15) is 54.0 Å². The van der Waals surface area contributed by atoms with Gasteiger partial charge in [-0.2, -0.15) is 4.37 Å². The average molecular weight is 840 g/mol. The van der Waals surface area contributed by atoms with Gasteiger partial charge in [-0.3, -0.25) is 9.69 Å². The molecule has 3 aromatic carbocycles. The van der Waals surface area contributed by atoms with Crippen LogP contribution in [0.4, 0.5) is 24.4 Å². The number of benzene rings is 3. The van der Waals surface area contributed by atoms with E-state index in [0.29, 0.717) is 23.4 Å². The fourth-order valence-electron chi connectivity index (χ4n) is 4.97. The largest absolute Gasteiger partial charge is 0.497 e. The summed E-state index contributed by atoms with van der Waals surface area (Å²) in [5.74, 6) is -3.25. The van der Waals surface area contributed by atoms with Crippen molar-refractivity contribution >= 4 is 56.0 Å². The molecule has 1 amide bonds. The van der Waals surface area contributed by atoms with E-state index in [4.69, 9.17) is 35.3 Å². The second-order valence-electron chi connectivity index (χ2n) is 14.2. The number of sulfonamides is 1. The third-order valence-electron chi connectivity index (χ3n) is 7.52. The zero-order valence-electron chi connectivity index (χ0n) is 32.3. The third kappa shape index (κ3) is 11.4. The number of methoxy groups -OCH3 is 2. The summed E-state index contributed by atoms with van der Waals surface area (Å²) in [6, 6.07) is 9.10. The number of anilines is 2. The number of nitrogens with one attached hydrogen (secondary N) is 1. The molecule has 1 heterocycles. The van der Waals surface area contributed by atoms with Crippen molar-refractivity contribution in [3.05, 3.63) is 77.1 Å². The average Bonchev–Trinajstić information content (AvgIpc) is 3.64. The van der Waals surface area contributed by atoms with Crippen LogP contribution in [0.5, 0.6) is 23.0 Å². The van der Waals surface area contributed by atoms with Crippen LogP contribution in [-0.2, 0) is 30.8 Å². The van der Waals surface area contributed by atoms with Gasteiger partial charge >= 0.3 is 12.1 Å². The Labute approximate surface area is 333 Å². The Hall–Kier alpha value is -4.78. The van der Waals surface area contributed by atoms with Crippen molar-refractivity contribution in [1.29, 1.82) is 0 Å². The molecular weight excluding hydrogens is 796 g/mol. The number of hydrogen-bond donors (Lipinski definition) is 1. The van der Waals surface area contributed by atoms with E-state index >= 15 is 8.78 Å². The fraction of sp³-hybridized carbons (Fsp3) is 0.405. The molecule has 0 aliphatic heterocycles. The van der Waals surface area contributed by atoms with Crippen molar-refractivity contribution in [2.24, 2.45) is 0 Å². The monoisotopic (exact) mass is 839 g/mol. The van der Waals surface area contributed by atoms with Crippen LogP contribution in [0.3, 0.4) is 0 Å². The maximum absolute atomic E-state index is 16.0. The van der Waals surface area contributed by atoms with Gasteiger partial charge in [-0.25, -0.2) is 31.3 Å². The van der Waals surface area contributed by atoms with E-state index in [0.717, 1.165) is 27.1 Å². The van der Waals surface area contributed by atoms with Crippen LogP contribution in [0.2, 0.25) is 5.02 Å². The van der Waals surface area contributed by atoms with Crippen LogP contribution in [0.25, 0.3) is 0 Å². The second kappa shape index (κ2) is 18.0. The Balaban J connectivity index is 1.69. The molecule has 0 spiro atoms. The quantitative estimate of drug-likeness (QED) is 0.116. The molecule has 0 aliphatic carbocycles. The van der Waals surface area contributed by atoms with E-state index in [2.05, 4.69) is 14.7 Å². The van der Waals surface area contributed by atoms with Gasteiger partial charge in [0.15, 0.2) is 17.3 Å². The number of aromatic nitrogens is 2. The number of rotatable bonds is 15. The Bertz CT molecular complexity index is 2130. The molecule has 56 heavy (non-hydrogen) atoms. The van der Waals surface area contributed by atoms with Crippen LogP contribution < -0.4 is 28.7 Å². The smallest absolute Gasteiger partial charge is 0.414 e. The third-order valence-corrected chi connectivity index (χ3v) is 10.3. The normalized spacial score (nSPS) is 12.4. The summed E-state index contributed by atoms with van der Waals surface area (Å²) in [4.78, 5) is 30.3. The van der Waals surface area contributed by atoms with E-state index in [1.807, 2.05) is 0 Å². The van der Waals surface area contributed by atoms with Crippen LogP contribution >= 0.6 is 23.1 Å². The standard InChI is InChI=1S/C37H44ClF2N5O9S2/c1-22(33(46)53-36(2,3)4)41-14-15-44(35(47)54-37(5,6)7)28-16-24(38)11-13-29(28)52-31-18-27(40)32(19-26(31)39)56(48,49)45(34-42-21-43-55-34)20-23-10-12-25(50-8)17-30(23)51-9/h10-13,16-19,21-22,41H,14-15,20H2,1-9H3. The highest BCUT2D eigenvalue weighted by Crippen LogP contribution is 2.39. The highest BCUT2D eigenvalue weighted by Gasteiger charge is 2.33. The van der Waals surface area contributed by atoms with E-state index in [1.165, 1.54) is 32.4 Å². The molecule has 0 aliphatic rings. The van der Waals surface area contributed by atoms with Gasteiger partial charge in [0, 0.05) is 53.4 Å². The first kappa shape index (κ1) is 43.9. The molecule has 0 saturated carbocycles. The molecular formula is C37H44ClF2N5O9S2. The molecule has 1 N–H and O–H groups in total. The van der Waals surface area contributed by atoms with Gasteiger partial charge in [-0.1, -0.05) is 11.6 Å². The first-order chi connectivity index (χ1) is 26.1. The van der Waals surface area contributed by atoms with E-state index in [9.17, 15) is 18.0 Å². The van der Waals surface area contributed by atoms with Gasteiger partial charge in [0.05, 0.1) is 26.5 Å². The molecule has 14 nitrogen and oxygen atoms in total. The second-order valence-corrected chi connectivity index (χ2v) is 17.2. The van der Waals surface area contributed by atoms with Crippen molar-refractivity contribution in [3.63, 3.8) is 0 Å². The van der Waals surface area contributed by atoms with Crippen molar-refractivity contribution in [3.8, 4) is 23.0 Å². The Morgan fingerprint density at radius 1 is 0.911 bits per heavy atom. The molecule has 0 radical (unpaired) electrons. The SMILES string of the molecule is COc1ccc(CN(c2ncns2)S(=O)(=O)c2cc(F)c(Oc3ccc(Cl)cc3N(CCNC(C)C(=O)OC(C)(C)C)C(=O)OC(C)(C)C)cc2F)c(OC)c1. The highest BCUT2D eigenvalue weighted by molar-refractivity contribution is 7.93. The van der Waals surface area contributed by atoms with Gasteiger partial charge in [-0.05, 0) is 78.8 Å². The van der Waals surface area contributed by atoms with Crippen molar-refractivity contribution in [1.82, 2.24) is 14.7 Å². The lowest BCUT2D eigenvalue weighted by Gasteiger charge is -2.29. The minimum Gasteiger partial charge on any atom is -0.497 e. The zero-order valence-corrected chi connectivity index (χ0v) is 34.7. The maximum Gasteiger partial charge on any atom is 0.414 e. The molecule has 304 valence electrons. The summed E-state index contributed by atoms with van der Waals surface area (Å²) in [7, 11) is -2.00. The molecule has 1 unspecified atom stereocenters. The number of esters is 1. The zero-order chi connectivity index (χ0) is 41.6. The summed E-state index contributed by atoms with van der Waals surface area (Å²) in [5, 5.41) is 3.04. The predicted octanol–water partition coefficient (Wildman–Crippen LogP) is 7.74. The lowest BCUT2D eigenvalue weighted by molar-refractivity contribution is -0.156. The molecule has 19 heteroatoms. The lowest BCUT2D eigenvalue weighted by Crippen LogP contribution is -2.45. The van der Waals surface area contributed by atoms with Crippen molar-refractivity contribution in [2.75, 3.05) is 36.5 Å². The minimum absolute atomic E-state index is 0.00543. The molecule has 1 aromatic heterocycles. The summed E-state index contributed by atoms with van der Waals surface area (Å²) in [5.41, 5.74) is -1.29. The number of amides is 1. The fourth-order valence-corrected chi connectivity index (χ4v) is 7.33. The molecule has 1 atom stereocenters. The lowest BCUT2D eigenvalue weighted by atomic mass is 10.2. The number of halogens is 3. The van der Waals surface area contributed by atoms with Gasteiger partial charge in [0.25, 0.3) is 10.0 Å². The molecule has 0 bridgehead atoms. The van der Waals surface area contributed by atoms with Gasteiger partial charge < -0.3 is 29.0 Å². The molecule has 4 aromatic rings. The topological polar surface area (TPSA) is 159 Å². The predicted molar refractivity (Wildman–Crippen MR) is 208 cm³/mol. The van der Waals surface area contributed by atoms with Crippen LogP contribution in [0.15, 0.2) is 59.8 Å². The first-order valence-electron chi connectivity index (χ1n) is 17.1. The van der Waals surface area contributed by atoms with Crippen molar-refractivity contribution in [2.45, 2.75) is 77.2 Å². The Kier molecular flexibility index (Phi) is 14.1. The van der Waals surface area contributed by atoms with Crippen molar-refractivity contribution < 1.29 is 50.5 Å². The highest BCUT2D eigenvalue weighted by atomic mass is 35.5. The minimum atomic E-state index is -4.84. The maximum atomic E-state index is 16.0. The van der Waals surface area contributed by atoms with E-state index in [1.54, 1.807) is 66.7 Å². The summed E-state index contributed by atoms with van der Waals surface area (Å²) in [6.45, 7) is 11.4. The Morgan fingerprint density at radius 2 is 1.61 bits per heavy atom. The first-order valence-corrected chi connectivity index (χ1v) is 19.7. The number of nitrogens with zero attached hydrogens (tertiary/aromatic N) is 4.